The number of aromatic hydroxyl groups is 1. The van der Waals surface area contributed by atoms with Gasteiger partial charge in [-0.2, -0.15) is 5.10 Å². The van der Waals surface area contributed by atoms with Crippen molar-refractivity contribution in [2.75, 3.05) is 14.2 Å². The summed E-state index contributed by atoms with van der Waals surface area (Å²) in [6, 6.07) is 13.7. The number of H-pyrrole nitrogens is 1. The van der Waals surface area contributed by atoms with Crippen LogP contribution in [0.4, 0.5) is 0 Å². The van der Waals surface area contributed by atoms with Crippen LogP contribution in [0.15, 0.2) is 63.2 Å². The van der Waals surface area contributed by atoms with Gasteiger partial charge in [0.2, 0.25) is 11.8 Å². The molecule has 1 aliphatic heterocycles. The third-order valence-corrected chi connectivity index (χ3v) is 5.67. The summed E-state index contributed by atoms with van der Waals surface area (Å²) in [5, 5.41) is 16.5. The van der Waals surface area contributed by atoms with Crippen molar-refractivity contribution >= 4 is 11.6 Å². The molecule has 0 bridgehead atoms. The van der Waals surface area contributed by atoms with Crippen molar-refractivity contribution in [3.05, 3.63) is 86.1 Å². The minimum Gasteiger partial charge on any atom is -0.494 e. The number of rotatable bonds is 6. The smallest absolute Gasteiger partial charge is 0.331 e. The molecule has 0 spiro atoms. The lowest BCUT2D eigenvalue weighted by molar-refractivity contribution is -0.130. The normalized spacial score (nSPS) is 15.2. The fraction of sp³-hybridized carbons (Fsp3) is 0.250. The first kappa shape index (κ1) is 22.8. The van der Waals surface area contributed by atoms with Gasteiger partial charge >= 0.3 is 5.69 Å². The third-order valence-electron chi connectivity index (χ3n) is 5.67. The van der Waals surface area contributed by atoms with Gasteiger partial charge in [0.15, 0.2) is 11.5 Å². The molecule has 2 N–H and O–H groups in total. The highest BCUT2D eigenvalue weighted by molar-refractivity contribution is 6.04. The van der Waals surface area contributed by atoms with Gasteiger partial charge in [0, 0.05) is 13.3 Å². The summed E-state index contributed by atoms with van der Waals surface area (Å²) in [4.78, 5) is 39.8. The molecule has 1 amide bonds. The summed E-state index contributed by atoms with van der Waals surface area (Å²) < 4.78 is 11.7. The maximum Gasteiger partial charge on any atom is 0.331 e. The van der Waals surface area contributed by atoms with Crippen molar-refractivity contribution in [2.45, 2.75) is 25.9 Å². The Labute approximate surface area is 194 Å². The van der Waals surface area contributed by atoms with Gasteiger partial charge < -0.3 is 14.6 Å². The van der Waals surface area contributed by atoms with Crippen LogP contribution in [0.3, 0.4) is 0 Å². The Morgan fingerprint density at radius 1 is 1.12 bits per heavy atom. The fourth-order valence-corrected chi connectivity index (χ4v) is 4.00. The lowest BCUT2D eigenvalue weighted by Crippen LogP contribution is -2.34. The van der Waals surface area contributed by atoms with Crippen LogP contribution in [-0.4, -0.2) is 45.5 Å². The molecule has 1 aliphatic rings. The van der Waals surface area contributed by atoms with Crippen LogP contribution in [-0.2, 0) is 11.3 Å². The van der Waals surface area contributed by atoms with Gasteiger partial charge in [-0.25, -0.2) is 9.80 Å². The van der Waals surface area contributed by atoms with Crippen LogP contribution in [0.25, 0.3) is 0 Å². The molecule has 2 heterocycles. The molecular formula is C24H24N4O6. The van der Waals surface area contributed by atoms with Crippen molar-refractivity contribution in [3.63, 3.8) is 0 Å². The van der Waals surface area contributed by atoms with Crippen molar-refractivity contribution in [1.29, 1.82) is 0 Å². The van der Waals surface area contributed by atoms with Gasteiger partial charge in [-0.15, -0.1) is 0 Å². The van der Waals surface area contributed by atoms with E-state index in [2.05, 4.69) is 10.1 Å². The molecule has 3 aromatic rings. The van der Waals surface area contributed by atoms with Crippen molar-refractivity contribution in [2.24, 2.45) is 5.10 Å². The molecule has 34 heavy (non-hydrogen) atoms. The molecule has 2 aromatic carbocycles. The first-order valence-corrected chi connectivity index (χ1v) is 10.5. The molecular weight excluding hydrogens is 440 g/mol. The summed E-state index contributed by atoms with van der Waals surface area (Å²) in [7, 11) is 3.03. The van der Waals surface area contributed by atoms with E-state index in [-0.39, 0.29) is 30.1 Å². The van der Waals surface area contributed by atoms with E-state index in [0.717, 1.165) is 10.1 Å². The van der Waals surface area contributed by atoms with E-state index in [1.165, 1.54) is 26.2 Å². The Morgan fingerprint density at radius 3 is 2.47 bits per heavy atom. The lowest BCUT2D eigenvalue weighted by Gasteiger charge is -2.21. The quantitative estimate of drug-likeness (QED) is 0.575. The lowest BCUT2D eigenvalue weighted by atomic mass is 9.98. The number of aromatic amines is 1. The van der Waals surface area contributed by atoms with E-state index in [9.17, 15) is 19.5 Å². The first-order valence-electron chi connectivity index (χ1n) is 10.5. The second-order valence-electron chi connectivity index (χ2n) is 7.77. The van der Waals surface area contributed by atoms with Gasteiger partial charge in [0.05, 0.1) is 32.5 Å². The zero-order valence-electron chi connectivity index (χ0n) is 18.9. The van der Waals surface area contributed by atoms with E-state index in [4.69, 9.17) is 9.47 Å². The third kappa shape index (κ3) is 4.17. The molecule has 1 aromatic heterocycles. The minimum absolute atomic E-state index is 0.0537. The summed E-state index contributed by atoms with van der Waals surface area (Å²) in [6.45, 7) is 1.42. The number of carbonyl (C=O) groups excluding carboxylic acids is 1. The number of benzene rings is 2. The van der Waals surface area contributed by atoms with Crippen LogP contribution in [0.1, 0.15) is 36.1 Å². The van der Waals surface area contributed by atoms with E-state index >= 15 is 0 Å². The monoisotopic (exact) mass is 464 g/mol. The summed E-state index contributed by atoms with van der Waals surface area (Å²) in [5.41, 5.74) is -0.00385. The maximum atomic E-state index is 12.7. The molecule has 0 fully saturated rings. The number of hydrogen-bond acceptors (Lipinski definition) is 7. The molecule has 10 heteroatoms. The van der Waals surface area contributed by atoms with Gasteiger partial charge in [-0.05, 0) is 23.3 Å². The van der Waals surface area contributed by atoms with Crippen LogP contribution < -0.4 is 20.7 Å². The average Bonchev–Trinajstić information content (AvgIpc) is 3.27. The first-order chi connectivity index (χ1) is 16.3. The highest BCUT2D eigenvalue weighted by Gasteiger charge is 2.35. The number of ether oxygens (including phenoxy) is 2. The van der Waals surface area contributed by atoms with Crippen molar-refractivity contribution in [1.82, 2.24) is 14.6 Å². The number of aromatic nitrogens is 2. The largest absolute Gasteiger partial charge is 0.494 e. The Hall–Kier alpha value is -4.34. The number of methoxy groups -OCH3 is 2. The van der Waals surface area contributed by atoms with E-state index < -0.39 is 23.2 Å². The predicted octanol–water partition coefficient (Wildman–Crippen LogP) is 2.01. The fourth-order valence-electron chi connectivity index (χ4n) is 4.00. The molecule has 0 aliphatic carbocycles. The van der Waals surface area contributed by atoms with Crippen LogP contribution in [0.2, 0.25) is 0 Å². The van der Waals surface area contributed by atoms with E-state index in [0.29, 0.717) is 17.1 Å². The zero-order valence-corrected chi connectivity index (χ0v) is 18.9. The van der Waals surface area contributed by atoms with Crippen molar-refractivity contribution in [3.8, 4) is 17.4 Å². The molecule has 10 nitrogen and oxygen atoms in total. The number of nitrogens with zero attached hydrogens (tertiary/aromatic N) is 3. The van der Waals surface area contributed by atoms with E-state index in [1.807, 2.05) is 18.2 Å². The molecule has 1 atom stereocenters. The minimum atomic E-state index is -0.776. The number of carbonyl (C=O) groups is 1. The Morgan fingerprint density at radius 2 is 1.82 bits per heavy atom. The second kappa shape index (κ2) is 9.26. The Balaban J connectivity index is 1.76. The van der Waals surface area contributed by atoms with Gasteiger partial charge in [-0.1, -0.05) is 36.4 Å². The number of amides is 1. The molecule has 0 saturated carbocycles. The van der Waals surface area contributed by atoms with Crippen LogP contribution in [0, 0.1) is 0 Å². The average molecular weight is 464 g/mol. The van der Waals surface area contributed by atoms with Crippen molar-refractivity contribution < 1.29 is 19.4 Å². The number of hydrogen-bond donors (Lipinski definition) is 2. The molecule has 0 saturated heterocycles. The van der Waals surface area contributed by atoms with E-state index in [1.54, 1.807) is 30.3 Å². The van der Waals surface area contributed by atoms with Crippen LogP contribution in [0.5, 0.6) is 17.4 Å². The summed E-state index contributed by atoms with van der Waals surface area (Å²) >= 11 is 0. The van der Waals surface area contributed by atoms with Gasteiger partial charge in [0.25, 0.3) is 5.56 Å². The van der Waals surface area contributed by atoms with Gasteiger partial charge in [0.1, 0.15) is 5.56 Å². The zero-order chi connectivity index (χ0) is 24.4. The topological polar surface area (TPSA) is 126 Å². The Kier molecular flexibility index (Phi) is 6.22. The molecule has 176 valence electrons. The number of hydrazone groups is 1. The Bertz CT molecular complexity index is 1380. The van der Waals surface area contributed by atoms with Gasteiger partial charge in [-0.3, -0.25) is 19.1 Å². The molecule has 0 radical (unpaired) electrons. The maximum absolute atomic E-state index is 12.7. The highest BCUT2D eigenvalue weighted by atomic mass is 16.5. The highest BCUT2D eigenvalue weighted by Crippen LogP contribution is 2.37. The standard InChI is InChI=1S/C24H24N4O6/c1-14(29)28-18(16-9-10-19(33-2)20(11-16)34-3)12-17(26-28)21-22(30)25-24(32)27(23(21)31)13-15-7-5-4-6-8-15/h4-11,18,31H,12-13H2,1-3H3,(H,25,30,32). The molecule has 1 unspecified atom stereocenters. The SMILES string of the molecule is COc1ccc(C2CC(c3c(O)n(Cc4ccccc4)c(=O)[nH]c3=O)=NN2C(C)=O)cc1OC. The summed E-state index contributed by atoms with van der Waals surface area (Å²) in [6.07, 6.45) is 0.148. The second-order valence-corrected chi connectivity index (χ2v) is 7.77. The van der Waals surface area contributed by atoms with Crippen LogP contribution >= 0.6 is 0 Å². The number of nitrogens with one attached hydrogen (secondary N) is 1. The predicted molar refractivity (Wildman–Crippen MR) is 124 cm³/mol. The summed E-state index contributed by atoms with van der Waals surface area (Å²) in [5.74, 6) is 0.159. The molecule has 4 rings (SSSR count).